The summed E-state index contributed by atoms with van der Waals surface area (Å²) in [6, 6.07) is 3.15. The molecule has 0 aliphatic rings. The number of nitrogens with two attached hydrogens (primary N) is 1. The average molecular weight is 429 g/mol. The summed E-state index contributed by atoms with van der Waals surface area (Å²) < 4.78 is 28.0. The fraction of sp³-hybridized carbons (Fsp3) is 0.500. The van der Waals surface area contributed by atoms with Crippen LogP contribution in [0.1, 0.15) is 12.8 Å². The Bertz CT molecular complexity index is 539. The van der Waals surface area contributed by atoms with E-state index in [1.54, 1.807) is 12.1 Å². The summed E-state index contributed by atoms with van der Waals surface area (Å²) >= 11 is 6.48. The Labute approximate surface area is 137 Å². The predicted octanol–water partition coefficient (Wildman–Crippen LogP) is 2.41. The molecule has 0 amide bonds. The second-order valence-electron chi connectivity index (χ2n) is 4.72. The molecule has 20 heavy (non-hydrogen) atoms. The number of hydrogen-bond acceptors (Lipinski definition) is 4. The highest BCUT2D eigenvalue weighted by molar-refractivity contribution is 9.11. The topological polar surface area (TPSA) is 75.4 Å². The van der Waals surface area contributed by atoms with E-state index >= 15 is 0 Å². The number of rotatable bonds is 7. The number of nitrogens with zero attached hydrogens (tertiary/aromatic N) is 1. The van der Waals surface area contributed by atoms with Crippen molar-refractivity contribution in [2.75, 3.05) is 32.9 Å². The smallest absolute Gasteiger partial charge is 0.242 e. The van der Waals surface area contributed by atoms with Crippen molar-refractivity contribution in [3.63, 3.8) is 0 Å². The number of benzene rings is 1. The van der Waals surface area contributed by atoms with Crippen LogP contribution in [0.15, 0.2) is 26.0 Å². The largest absolute Gasteiger partial charge is 0.399 e. The van der Waals surface area contributed by atoms with Gasteiger partial charge in [-0.05, 0) is 77.5 Å². The highest BCUT2D eigenvalue weighted by Gasteiger charge is 2.21. The van der Waals surface area contributed by atoms with Crippen LogP contribution in [0.2, 0.25) is 0 Å². The monoisotopic (exact) mass is 427 g/mol. The lowest BCUT2D eigenvalue weighted by molar-refractivity contribution is 0.394. The molecule has 0 heterocycles. The van der Waals surface area contributed by atoms with Gasteiger partial charge in [-0.3, -0.25) is 0 Å². The second-order valence-corrected chi connectivity index (χ2v) is 8.13. The average Bonchev–Trinajstić information content (AvgIpc) is 2.25. The van der Waals surface area contributed by atoms with Gasteiger partial charge in [-0.2, -0.15) is 0 Å². The van der Waals surface area contributed by atoms with Crippen LogP contribution in [0.5, 0.6) is 0 Å². The molecule has 1 aromatic carbocycles. The molecule has 3 N–H and O–H groups in total. The van der Waals surface area contributed by atoms with E-state index in [0.717, 1.165) is 19.4 Å². The number of unbranched alkanes of at least 4 members (excludes halogenated alkanes) is 1. The fourth-order valence-corrected chi connectivity index (χ4v) is 5.36. The van der Waals surface area contributed by atoms with Gasteiger partial charge in [-0.25, -0.2) is 13.1 Å². The molecule has 0 unspecified atom stereocenters. The maximum Gasteiger partial charge on any atom is 0.242 e. The van der Waals surface area contributed by atoms with Crippen LogP contribution in [-0.2, 0) is 10.0 Å². The highest BCUT2D eigenvalue weighted by atomic mass is 79.9. The number of nitrogen functional groups attached to an aromatic ring is 1. The van der Waals surface area contributed by atoms with Crippen molar-refractivity contribution < 1.29 is 8.42 Å². The van der Waals surface area contributed by atoms with Crippen LogP contribution in [0.4, 0.5) is 5.69 Å². The number of halogens is 2. The lowest BCUT2D eigenvalue weighted by Gasteiger charge is -2.12. The minimum Gasteiger partial charge on any atom is -0.399 e. The first-order valence-electron chi connectivity index (χ1n) is 6.13. The molecule has 0 saturated heterocycles. The Kier molecular flexibility index (Phi) is 6.93. The van der Waals surface area contributed by atoms with Gasteiger partial charge in [0.1, 0.15) is 4.90 Å². The molecule has 114 valence electrons. The molecule has 1 aromatic rings. The molecule has 1 rings (SSSR count). The van der Waals surface area contributed by atoms with Crippen LogP contribution >= 0.6 is 31.9 Å². The molecule has 0 aromatic heterocycles. The molecule has 0 aliphatic carbocycles. The Balaban J connectivity index is 2.70. The van der Waals surface area contributed by atoms with Crippen molar-refractivity contribution in [1.29, 1.82) is 0 Å². The molecule has 0 radical (unpaired) electrons. The van der Waals surface area contributed by atoms with E-state index < -0.39 is 10.0 Å². The lowest BCUT2D eigenvalue weighted by atomic mass is 10.3. The minimum absolute atomic E-state index is 0.180. The Hall–Kier alpha value is -0.150. The summed E-state index contributed by atoms with van der Waals surface area (Å²) in [6.45, 7) is 1.36. The molecule has 0 saturated carbocycles. The van der Waals surface area contributed by atoms with E-state index in [1.165, 1.54) is 0 Å². The summed E-state index contributed by atoms with van der Waals surface area (Å²) in [4.78, 5) is 2.25. The molecular formula is C12H19Br2N3O2S. The molecule has 0 atom stereocenters. The maximum atomic E-state index is 12.3. The third kappa shape index (κ3) is 5.33. The van der Waals surface area contributed by atoms with E-state index in [9.17, 15) is 8.42 Å². The summed E-state index contributed by atoms with van der Waals surface area (Å²) in [5.41, 5.74) is 6.15. The van der Waals surface area contributed by atoms with Crippen LogP contribution in [0.25, 0.3) is 0 Å². The van der Waals surface area contributed by atoms with Crippen molar-refractivity contribution in [3.05, 3.63) is 21.1 Å². The summed E-state index contributed by atoms with van der Waals surface area (Å²) in [7, 11) is 0.434. The van der Waals surface area contributed by atoms with E-state index in [1.807, 2.05) is 14.1 Å². The SMILES string of the molecule is CN(C)CCCCNS(=O)(=O)c1c(Br)cc(N)cc1Br. The minimum atomic E-state index is -3.55. The van der Waals surface area contributed by atoms with Gasteiger partial charge in [-0.1, -0.05) is 0 Å². The lowest BCUT2D eigenvalue weighted by Crippen LogP contribution is -2.26. The van der Waals surface area contributed by atoms with Crippen molar-refractivity contribution in [1.82, 2.24) is 9.62 Å². The van der Waals surface area contributed by atoms with Gasteiger partial charge in [0.05, 0.1) is 0 Å². The van der Waals surface area contributed by atoms with Crippen LogP contribution < -0.4 is 10.5 Å². The van der Waals surface area contributed by atoms with Gasteiger partial charge < -0.3 is 10.6 Å². The molecule has 0 spiro atoms. The van der Waals surface area contributed by atoms with Gasteiger partial charge in [0, 0.05) is 21.2 Å². The molecule has 5 nitrogen and oxygen atoms in total. The third-order valence-electron chi connectivity index (χ3n) is 2.61. The third-order valence-corrected chi connectivity index (χ3v) is 5.95. The zero-order chi connectivity index (χ0) is 15.3. The number of hydrogen-bond donors (Lipinski definition) is 2. The van der Waals surface area contributed by atoms with Gasteiger partial charge in [0.15, 0.2) is 0 Å². The van der Waals surface area contributed by atoms with Gasteiger partial charge in [0.2, 0.25) is 10.0 Å². The van der Waals surface area contributed by atoms with Crippen molar-refractivity contribution in [2.45, 2.75) is 17.7 Å². The summed E-state index contributed by atoms with van der Waals surface area (Å²) in [5, 5.41) is 0. The van der Waals surface area contributed by atoms with Crippen molar-refractivity contribution in [2.24, 2.45) is 0 Å². The second kappa shape index (κ2) is 7.74. The summed E-state index contributed by atoms with van der Waals surface area (Å²) in [6.07, 6.45) is 1.74. The van der Waals surface area contributed by atoms with Crippen molar-refractivity contribution in [3.8, 4) is 0 Å². The van der Waals surface area contributed by atoms with E-state index in [4.69, 9.17) is 5.73 Å². The summed E-state index contributed by atoms with van der Waals surface area (Å²) in [5.74, 6) is 0. The molecule has 0 aliphatic heterocycles. The van der Waals surface area contributed by atoms with E-state index in [0.29, 0.717) is 21.2 Å². The van der Waals surface area contributed by atoms with E-state index in [2.05, 4.69) is 41.5 Å². The highest BCUT2D eigenvalue weighted by Crippen LogP contribution is 2.32. The van der Waals surface area contributed by atoms with Crippen LogP contribution in [0.3, 0.4) is 0 Å². The first-order chi connectivity index (χ1) is 9.24. The zero-order valence-corrected chi connectivity index (χ0v) is 15.5. The Morgan fingerprint density at radius 2 is 1.75 bits per heavy atom. The molecule has 8 heteroatoms. The molecule has 0 bridgehead atoms. The first kappa shape index (κ1) is 17.9. The fourth-order valence-electron chi connectivity index (χ4n) is 1.67. The van der Waals surface area contributed by atoms with Gasteiger partial charge in [0.25, 0.3) is 0 Å². The quantitative estimate of drug-likeness (QED) is 0.516. The Morgan fingerprint density at radius 3 is 2.25 bits per heavy atom. The first-order valence-corrected chi connectivity index (χ1v) is 9.20. The number of sulfonamides is 1. The maximum absolute atomic E-state index is 12.3. The van der Waals surface area contributed by atoms with Gasteiger partial charge in [-0.15, -0.1) is 0 Å². The van der Waals surface area contributed by atoms with Crippen LogP contribution in [0, 0.1) is 0 Å². The van der Waals surface area contributed by atoms with Crippen LogP contribution in [-0.4, -0.2) is 40.5 Å². The van der Waals surface area contributed by atoms with Crippen molar-refractivity contribution >= 4 is 47.6 Å². The predicted molar refractivity (Wildman–Crippen MR) is 89.2 cm³/mol. The number of nitrogens with one attached hydrogen (secondary N) is 1. The molecular weight excluding hydrogens is 410 g/mol. The number of anilines is 1. The standard InChI is InChI=1S/C12H19Br2N3O2S/c1-17(2)6-4-3-5-16-20(18,19)12-10(13)7-9(15)8-11(12)14/h7-8,16H,3-6,15H2,1-2H3. The van der Waals surface area contributed by atoms with Gasteiger partial charge >= 0.3 is 0 Å². The van der Waals surface area contributed by atoms with E-state index in [-0.39, 0.29) is 4.90 Å². The zero-order valence-electron chi connectivity index (χ0n) is 11.5. The molecule has 0 fully saturated rings. The Morgan fingerprint density at radius 1 is 1.20 bits per heavy atom. The normalized spacial score (nSPS) is 12.1.